The normalized spacial score (nSPS) is 12.2. The summed E-state index contributed by atoms with van der Waals surface area (Å²) in [6, 6.07) is 2.94. The number of hydrogen-bond donors (Lipinski definition) is 4. The lowest BCUT2D eigenvalue weighted by atomic mass is 10.1. The molecule has 1 aromatic carbocycles. The zero-order valence-electron chi connectivity index (χ0n) is 20.8. The molecule has 0 saturated carbocycles. The minimum absolute atomic E-state index is 0.243. The molecule has 0 radical (unpaired) electrons. The molecule has 0 aliphatic rings. The van der Waals surface area contributed by atoms with Crippen LogP contribution in [0.4, 0.5) is 0 Å². The Morgan fingerprint density at radius 2 is 0.912 bits per heavy atom. The lowest BCUT2D eigenvalue weighted by Gasteiger charge is -2.18. The van der Waals surface area contributed by atoms with Crippen LogP contribution in [0.2, 0.25) is 0 Å². The topological polar surface area (TPSA) is 134 Å². The van der Waals surface area contributed by atoms with Crippen LogP contribution in [-0.4, -0.2) is 32.8 Å². The molecule has 0 saturated heterocycles. The largest absolute Gasteiger partial charge is 0.493 e. The summed E-state index contributed by atoms with van der Waals surface area (Å²) in [5, 5.41) is 0. The van der Waals surface area contributed by atoms with Crippen molar-refractivity contribution in [3.8, 4) is 11.5 Å². The zero-order valence-corrected chi connectivity index (χ0v) is 22.6. The number of ether oxygens (including phenoxy) is 2. The van der Waals surface area contributed by atoms with Crippen LogP contribution in [0, 0.1) is 0 Å². The Morgan fingerprint density at radius 3 is 1.24 bits per heavy atom. The Hall–Kier alpha value is -0.880. The highest BCUT2D eigenvalue weighted by atomic mass is 31.2. The molecule has 10 heteroatoms. The maximum Gasteiger partial charge on any atom is 0.330 e. The molecule has 0 heterocycles. The van der Waals surface area contributed by atoms with E-state index in [0.717, 1.165) is 64.2 Å². The van der Waals surface area contributed by atoms with Gasteiger partial charge in [-0.15, -0.1) is 0 Å². The fourth-order valence-electron chi connectivity index (χ4n) is 3.73. The first-order chi connectivity index (χ1) is 16.1. The first kappa shape index (κ1) is 31.2. The molecule has 1 aromatic rings. The van der Waals surface area contributed by atoms with E-state index < -0.39 is 27.5 Å². The van der Waals surface area contributed by atoms with E-state index in [4.69, 9.17) is 9.47 Å². The van der Waals surface area contributed by atoms with Crippen LogP contribution in [0.1, 0.15) is 102 Å². The van der Waals surface area contributed by atoms with Crippen molar-refractivity contribution in [3.63, 3.8) is 0 Å². The van der Waals surface area contributed by atoms with Gasteiger partial charge in [0.25, 0.3) is 0 Å². The Balaban J connectivity index is 2.94. The van der Waals surface area contributed by atoms with Crippen molar-refractivity contribution in [2.75, 3.05) is 13.2 Å². The van der Waals surface area contributed by atoms with Gasteiger partial charge in [-0.1, -0.05) is 78.1 Å². The monoisotopic (exact) mass is 522 g/mol. The summed E-state index contributed by atoms with van der Waals surface area (Å²) in [7, 11) is -8.77. The molecule has 0 amide bonds. The molecule has 0 atom stereocenters. The summed E-state index contributed by atoms with van der Waals surface area (Å²) in [6.07, 6.45) is 11.8. The van der Waals surface area contributed by atoms with Crippen molar-refractivity contribution in [1.29, 1.82) is 0 Å². The van der Waals surface area contributed by atoms with E-state index in [2.05, 4.69) is 13.8 Å². The van der Waals surface area contributed by atoms with Crippen LogP contribution < -0.4 is 9.47 Å². The van der Waals surface area contributed by atoms with E-state index in [9.17, 15) is 28.7 Å². The van der Waals surface area contributed by atoms with Crippen LogP contribution in [0.15, 0.2) is 12.1 Å². The Morgan fingerprint density at radius 1 is 0.588 bits per heavy atom. The van der Waals surface area contributed by atoms with E-state index in [1.807, 2.05) is 0 Å². The standard InChI is InChI=1S/C24H44O8P2/c1-3-5-7-9-11-13-15-31-23-17-22(20-34(28,29)30)24(18-21(23)19-33(25,26)27)32-16-14-12-10-8-6-4-2/h17-18H,3-16,19-20H2,1-2H3,(H2,25,26,27)(H2,28,29,30). The van der Waals surface area contributed by atoms with Crippen molar-refractivity contribution < 1.29 is 38.2 Å². The minimum Gasteiger partial charge on any atom is -0.493 e. The van der Waals surface area contributed by atoms with E-state index >= 15 is 0 Å². The summed E-state index contributed by atoms with van der Waals surface area (Å²) in [4.78, 5) is 38.2. The summed E-state index contributed by atoms with van der Waals surface area (Å²) in [6.45, 7) is 5.05. The Labute approximate surface area is 204 Å². The van der Waals surface area contributed by atoms with Crippen molar-refractivity contribution in [2.45, 2.75) is 103 Å². The third-order valence-electron chi connectivity index (χ3n) is 5.51. The molecule has 0 spiro atoms. The van der Waals surface area contributed by atoms with Gasteiger partial charge in [-0.2, -0.15) is 0 Å². The van der Waals surface area contributed by atoms with Gasteiger partial charge in [0.05, 0.1) is 25.5 Å². The molecular formula is C24H44O8P2. The van der Waals surface area contributed by atoms with E-state index in [1.54, 1.807) is 0 Å². The average Bonchev–Trinajstić information content (AvgIpc) is 2.72. The van der Waals surface area contributed by atoms with Gasteiger partial charge in [0.15, 0.2) is 0 Å². The van der Waals surface area contributed by atoms with Crippen molar-refractivity contribution >= 4 is 15.2 Å². The molecule has 8 nitrogen and oxygen atoms in total. The SMILES string of the molecule is CCCCCCCCOc1cc(CP(=O)(O)O)c(OCCCCCCCC)cc1CP(=O)(O)O. The molecule has 0 aliphatic heterocycles. The zero-order chi connectivity index (χ0) is 25.5. The van der Waals surface area contributed by atoms with Gasteiger partial charge < -0.3 is 29.0 Å². The second kappa shape index (κ2) is 16.7. The summed E-state index contributed by atoms with van der Waals surface area (Å²) in [5.74, 6) is 0.486. The molecule has 1 rings (SSSR count). The predicted molar refractivity (Wildman–Crippen MR) is 136 cm³/mol. The summed E-state index contributed by atoms with van der Waals surface area (Å²) in [5.41, 5.74) is 0.568. The van der Waals surface area contributed by atoms with E-state index in [-0.39, 0.29) is 22.6 Å². The molecule has 198 valence electrons. The van der Waals surface area contributed by atoms with Gasteiger partial charge >= 0.3 is 15.2 Å². The molecule has 0 aliphatic carbocycles. The van der Waals surface area contributed by atoms with E-state index in [1.165, 1.54) is 25.0 Å². The fraction of sp³-hybridized carbons (Fsp3) is 0.750. The molecule has 0 bridgehead atoms. The van der Waals surface area contributed by atoms with E-state index in [0.29, 0.717) is 13.2 Å². The number of hydrogen-bond acceptors (Lipinski definition) is 4. The van der Waals surface area contributed by atoms with Crippen LogP contribution in [-0.2, 0) is 21.5 Å². The second-order valence-corrected chi connectivity index (χ2v) is 12.2. The summed E-state index contributed by atoms with van der Waals surface area (Å²) >= 11 is 0. The molecule has 0 aromatic heterocycles. The first-order valence-corrected chi connectivity index (χ1v) is 16.2. The van der Waals surface area contributed by atoms with Crippen molar-refractivity contribution in [2.24, 2.45) is 0 Å². The maximum absolute atomic E-state index is 11.7. The molecule has 4 N–H and O–H groups in total. The highest BCUT2D eigenvalue weighted by Gasteiger charge is 2.24. The van der Waals surface area contributed by atoms with Crippen LogP contribution >= 0.6 is 15.2 Å². The minimum atomic E-state index is -4.38. The number of rotatable bonds is 20. The fourth-order valence-corrected chi connectivity index (χ4v) is 5.11. The maximum atomic E-state index is 11.7. The van der Waals surface area contributed by atoms with Crippen molar-refractivity contribution in [1.82, 2.24) is 0 Å². The molecule has 0 unspecified atom stereocenters. The van der Waals surface area contributed by atoms with Crippen LogP contribution in [0.25, 0.3) is 0 Å². The lowest BCUT2D eigenvalue weighted by molar-refractivity contribution is 0.291. The summed E-state index contributed by atoms with van der Waals surface area (Å²) < 4.78 is 35.1. The van der Waals surface area contributed by atoms with Crippen LogP contribution in [0.5, 0.6) is 11.5 Å². The molecule has 0 fully saturated rings. The third kappa shape index (κ3) is 15.2. The van der Waals surface area contributed by atoms with Crippen LogP contribution in [0.3, 0.4) is 0 Å². The lowest BCUT2D eigenvalue weighted by Crippen LogP contribution is -2.06. The predicted octanol–water partition coefficient (Wildman–Crippen LogP) is 6.52. The molecule has 34 heavy (non-hydrogen) atoms. The quantitative estimate of drug-likeness (QED) is 0.112. The average molecular weight is 523 g/mol. The Bertz CT molecular complexity index is 722. The Kier molecular flexibility index (Phi) is 15.3. The van der Waals surface area contributed by atoms with Gasteiger partial charge in [-0.25, -0.2) is 0 Å². The van der Waals surface area contributed by atoms with Gasteiger partial charge in [0.2, 0.25) is 0 Å². The highest BCUT2D eigenvalue weighted by Crippen LogP contribution is 2.47. The highest BCUT2D eigenvalue weighted by molar-refractivity contribution is 7.51. The van der Waals surface area contributed by atoms with Gasteiger partial charge in [-0.3, -0.25) is 9.13 Å². The third-order valence-corrected chi connectivity index (χ3v) is 7.01. The number of unbranched alkanes of at least 4 members (excludes halogenated alkanes) is 10. The van der Waals surface area contributed by atoms with Gasteiger partial charge in [-0.05, 0) is 25.0 Å². The van der Waals surface area contributed by atoms with Crippen molar-refractivity contribution in [3.05, 3.63) is 23.3 Å². The first-order valence-electron chi connectivity index (χ1n) is 12.6. The molecular weight excluding hydrogens is 478 g/mol. The number of benzene rings is 1. The second-order valence-electron chi connectivity index (χ2n) is 8.95. The van der Waals surface area contributed by atoms with Gasteiger partial charge in [0.1, 0.15) is 11.5 Å². The van der Waals surface area contributed by atoms with Gasteiger partial charge in [0, 0.05) is 11.1 Å². The smallest absolute Gasteiger partial charge is 0.330 e.